The normalized spacial score (nSPS) is 16.4. The standard InChI is InChI=1S/C18H27N3O4/c1-13(22)19-9-5-10-20-18(23)21-11-4-6-16(21)15-12-14(24-2)7-8-17(15)25-3/h7-8,12,16H,4-6,9-11H2,1-3H3,(H,19,22)(H,20,23)/t16-/m1/s1. The van der Waals surface area contributed by atoms with Crippen molar-refractivity contribution in [1.29, 1.82) is 0 Å². The van der Waals surface area contributed by atoms with Crippen LogP contribution in [0.5, 0.6) is 11.5 Å². The smallest absolute Gasteiger partial charge is 0.317 e. The zero-order chi connectivity index (χ0) is 18.2. The van der Waals surface area contributed by atoms with Gasteiger partial charge in [0.05, 0.1) is 20.3 Å². The van der Waals surface area contributed by atoms with Crippen molar-refractivity contribution >= 4 is 11.9 Å². The van der Waals surface area contributed by atoms with Crippen molar-refractivity contribution in [3.05, 3.63) is 23.8 Å². The molecule has 25 heavy (non-hydrogen) atoms. The summed E-state index contributed by atoms with van der Waals surface area (Å²) in [4.78, 5) is 25.2. The fourth-order valence-corrected chi connectivity index (χ4v) is 3.08. The number of amides is 3. The molecule has 1 fully saturated rings. The van der Waals surface area contributed by atoms with Crippen LogP contribution in [0.3, 0.4) is 0 Å². The maximum atomic E-state index is 12.5. The summed E-state index contributed by atoms with van der Waals surface area (Å²) in [7, 11) is 3.26. The summed E-state index contributed by atoms with van der Waals surface area (Å²) in [6.07, 6.45) is 2.54. The van der Waals surface area contributed by atoms with Gasteiger partial charge in [0.25, 0.3) is 0 Å². The Morgan fingerprint density at radius 3 is 2.64 bits per heavy atom. The maximum Gasteiger partial charge on any atom is 0.317 e. The highest BCUT2D eigenvalue weighted by molar-refractivity contribution is 5.75. The second kappa shape index (κ2) is 9.15. The zero-order valence-electron chi connectivity index (χ0n) is 15.1. The number of hydrogen-bond acceptors (Lipinski definition) is 4. The SMILES string of the molecule is COc1ccc(OC)c([C@H]2CCCN2C(=O)NCCCNC(C)=O)c1. The molecule has 2 N–H and O–H groups in total. The summed E-state index contributed by atoms with van der Waals surface area (Å²) in [5.41, 5.74) is 0.966. The molecule has 0 unspecified atom stereocenters. The van der Waals surface area contributed by atoms with E-state index in [9.17, 15) is 9.59 Å². The van der Waals surface area contributed by atoms with Crippen LogP contribution in [0.25, 0.3) is 0 Å². The van der Waals surface area contributed by atoms with Crippen molar-refractivity contribution < 1.29 is 19.1 Å². The van der Waals surface area contributed by atoms with Crippen molar-refractivity contribution in [2.75, 3.05) is 33.9 Å². The minimum absolute atomic E-state index is 0.0274. The molecule has 1 aliphatic heterocycles. The Morgan fingerprint density at radius 2 is 1.96 bits per heavy atom. The Morgan fingerprint density at radius 1 is 1.20 bits per heavy atom. The van der Waals surface area contributed by atoms with Crippen LogP contribution < -0.4 is 20.1 Å². The fraction of sp³-hybridized carbons (Fsp3) is 0.556. The van der Waals surface area contributed by atoms with Gasteiger partial charge in [0.1, 0.15) is 11.5 Å². The summed E-state index contributed by atoms with van der Waals surface area (Å²) >= 11 is 0. The van der Waals surface area contributed by atoms with Gasteiger partial charge < -0.3 is 25.0 Å². The van der Waals surface area contributed by atoms with Gasteiger partial charge >= 0.3 is 6.03 Å². The number of carbonyl (C=O) groups is 2. The van der Waals surface area contributed by atoms with Crippen LogP contribution in [0.4, 0.5) is 4.79 Å². The lowest BCUT2D eigenvalue weighted by molar-refractivity contribution is -0.118. The first-order valence-corrected chi connectivity index (χ1v) is 8.57. The Bertz CT molecular complexity index is 606. The van der Waals surface area contributed by atoms with E-state index in [-0.39, 0.29) is 18.0 Å². The number of rotatable bonds is 7. The molecule has 0 radical (unpaired) electrons. The topological polar surface area (TPSA) is 79.9 Å². The highest BCUT2D eigenvalue weighted by Crippen LogP contribution is 2.38. The highest BCUT2D eigenvalue weighted by Gasteiger charge is 2.32. The van der Waals surface area contributed by atoms with Crippen molar-refractivity contribution in [3.8, 4) is 11.5 Å². The molecule has 3 amide bonds. The zero-order valence-corrected chi connectivity index (χ0v) is 15.1. The van der Waals surface area contributed by atoms with E-state index in [0.717, 1.165) is 29.9 Å². The summed E-state index contributed by atoms with van der Waals surface area (Å²) in [5, 5.41) is 5.64. The van der Waals surface area contributed by atoms with E-state index in [1.807, 2.05) is 23.1 Å². The van der Waals surface area contributed by atoms with Crippen LogP contribution in [0.1, 0.15) is 37.8 Å². The Kier molecular flexibility index (Phi) is 6.91. The lowest BCUT2D eigenvalue weighted by atomic mass is 10.0. The van der Waals surface area contributed by atoms with Crippen LogP contribution >= 0.6 is 0 Å². The number of methoxy groups -OCH3 is 2. The lowest BCUT2D eigenvalue weighted by Crippen LogP contribution is -2.40. The second-order valence-electron chi connectivity index (χ2n) is 6.03. The Balaban J connectivity index is 1.99. The molecule has 1 aromatic rings. The van der Waals surface area contributed by atoms with Gasteiger partial charge in [0.15, 0.2) is 0 Å². The fourth-order valence-electron chi connectivity index (χ4n) is 3.08. The predicted molar refractivity (Wildman–Crippen MR) is 94.9 cm³/mol. The summed E-state index contributed by atoms with van der Waals surface area (Å²) < 4.78 is 10.8. The molecule has 1 heterocycles. The van der Waals surface area contributed by atoms with Gasteiger partial charge in [-0.05, 0) is 37.5 Å². The quantitative estimate of drug-likeness (QED) is 0.739. The molecule has 1 aromatic carbocycles. The van der Waals surface area contributed by atoms with Crippen molar-refractivity contribution in [3.63, 3.8) is 0 Å². The number of urea groups is 1. The number of likely N-dealkylation sites (tertiary alicyclic amines) is 1. The van der Waals surface area contributed by atoms with Crippen LogP contribution in [0, 0.1) is 0 Å². The van der Waals surface area contributed by atoms with Gasteiger partial charge in [0, 0.05) is 32.1 Å². The summed E-state index contributed by atoms with van der Waals surface area (Å²) in [6.45, 7) is 3.28. The third-order valence-electron chi connectivity index (χ3n) is 4.31. The molecule has 0 aliphatic carbocycles. The molecule has 0 aromatic heterocycles. The van der Waals surface area contributed by atoms with E-state index >= 15 is 0 Å². The van der Waals surface area contributed by atoms with E-state index < -0.39 is 0 Å². The van der Waals surface area contributed by atoms with Gasteiger partial charge in [-0.15, -0.1) is 0 Å². The van der Waals surface area contributed by atoms with E-state index in [1.54, 1.807) is 14.2 Å². The van der Waals surface area contributed by atoms with Crippen molar-refractivity contribution in [2.45, 2.75) is 32.2 Å². The molecular formula is C18H27N3O4. The number of nitrogens with zero attached hydrogens (tertiary/aromatic N) is 1. The first kappa shape index (κ1) is 18.9. The number of hydrogen-bond donors (Lipinski definition) is 2. The maximum absolute atomic E-state index is 12.5. The number of benzene rings is 1. The number of nitrogens with one attached hydrogen (secondary N) is 2. The van der Waals surface area contributed by atoms with Gasteiger partial charge in [-0.2, -0.15) is 0 Å². The van der Waals surface area contributed by atoms with Gasteiger partial charge in [-0.1, -0.05) is 0 Å². The first-order chi connectivity index (χ1) is 12.1. The second-order valence-corrected chi connectivity index (χ2v) is 6.03. The number of carbonyl (C=O) groups excluding carboxylic acids is 2. The minimum Gasteiger partial charge on any atom is -0.497 e. The molecule has 7 heteroatoms. The summed E-state index contributed by atoms with van der Waals surface area (Å²) in [6, 6.07) is 5.54. The van der Waals surface area contributed by atoms with Crippen molar-refractivity contribution in [2.24, 2.45) is 0 Å². The monoisotopic (exact) mass is 349 g/mol. The molecule has 0 bridgehead atoms. The van der Waals surface area contributed by atoms with Crippen LogP contribution in [0.15, 0.2) is 18.2 Å². The molecule has 1 atom stereocenters. The predicted octanol–water partition coefficient (Wildman–Crippen LogP) is 2.08. The van der Waals surface area contributed by atoms with Crippen molar-refractivity contribution in [1.82, 2.24) is 15.5 Å². The average Bonchev–Trinajstić information content (AvgIpc) is 3.10. The molecule has 2 rings (SSSR count). The molecular weight excluding hydrogens is 322 g/mol. The van der Waals surface area contributed by atoms with E-state index in [4.69, 9.17) is 9.47 Å². The first-order valence-electron chi connectivity index (χ1n) is 8.57. The van der Waals surface area contributed by atoms with Gasteiger partial charge in [-0.25, -0.2) is 4.79 Å². The molecule has 0 spiro atoms. The lowest BCUT2D eigenvalue weighted by Gasteiger charge is -2.27. The van der Waals surface area contributed by atoms with Gasteiger partial charge in [-0.3, -0.25) is 4.79 Å². The highest BCUT2D eigenvalue weighted by atomic mass is 16.5. The largest absolute Gasteiger partial charge is 0.497 e. The third kappa shape index (κ3) is 5.01. The van der Waals surface area contributed by atoms with Crippen LogP contribution in [-0.4, -0.2) is 50.7 Å². The Labute approximate surface area is 148 Å². The minimum atomic E-state index is -0.0878. The molecule has 0 saturated carbocycles. The summed E-state index contributed by atoms with van der Waals surface area (Å²) in [5.74, 6) is 1.45. The van der Waals surface area contributed by atoms with E-state index in [2.05, 4.69) is 10.6 Å². The molecule has 7 nitrogen and oxygen atoms in total. The van der Waals surface area contributed by atoms with Crippen LogP contribution in [-0.2, 0) is 4.79 Å². The Hall–Kier alpha value is -2.44. The number of ether oxygens (including phenoxy) is 2. The molecule has 138 valence electrons. The average molecular weight is 349 g/mol. The third-order valence-corrected chi connectivity index (χ3v) is 4.31. The molecule has 1 saturated heterocycles. The van der Waals surface area contributed by atoms with E-state index in [1.165, 1.54) is 6.92 Å². The van der Waals surface area contributed by atoms with Gasteiger partial charge in [0.2, 0.25) is 5.91 Å². The van der Waals surface area contributed by atoms with E-state index in [0.29, 0.717) is 26.1 Å². The molecule has 1 aliphatic rings. The van der Waals surface area contributed by atoms with Crippen LogP contribution in [0.2, 0.25) is 0 Å².